The molecule has 2 rings (SSSR count). The molecule has 4 nitrogen and oxygen atoms in total. The molecular formula is C14H17NO3. The van der Waals surface area contributed by atoms with Gasteiger partial charge in [0.25, 0.3) is 0 Å². The van der Waals surface area contributed by atoms with Gasteiger partial charge in [-0.15, -0.1) is 0 Å². The highest BCUT2D eigenvalue weighted by atomic mass is 16.5. The van der Waals surface area contributed by atoms with Gasteiger partial charge in [0.05, 0.1) is 0 Å². The van der Waals surface area contributed by atoms with Crippen molar-refractivity contribution in [3.05, 3.63) is 29.8 Å². The van der Waals surface area contributed by atoms with Crippen LogP contribution in [0.2, 0.25) is 0 Å². The SMILES string of the molecule is Cc1ccccc1OC(=O)CNC(=O)C1CCC1. The predicted molar refractivity (Wildman–Crippen MR) is 67.2 cm³/mol. The summed E-state index contributed by atoms with van der Waals surface area (Å²) in [5, 5.41) is 2.61. The maximum absolute atomic E-state index is 11.6. The van der Waals surface area contributed by atoms with Crippen LogP contribution in [0.15, 0.2) is 24.3 Å². The summed E-state index contributed by atoms with van der Waals surface area (Å²) in [4.78, 5) is 23.1. The van der Waals surface area contributed by atoms with Crippen molar-refractivity contribution in [2.45, 2.75) is 26.2 Å². The van der Waals surface area contributed by atoms with Crippen molar-refractivity contribution >= 4 is 11.9 Å². The summed E-state index contributed by atoms with van der Waals surface area (Å²) in [5.41, 5.74) is 0.899. The fourth-order valence-electron chi connectivity index (χ4n) is 1.80. The van der Waals surface area contributed by atoms with Crippen LogP contribution < -0.4 is 10.1 Å². The first-order chi connectivity index (χ1) is 8.66. The fraction of sp³-hybridized carbons (Fsp3) is 0.429. The molecule has 1 fully saturated rings. The molecule has 0 spiro atoms. The van der Waals surface area contributed by atoms with Crippen LogP contribution >= 0.6 is 0 Å². The van der Waals surface area contributed by atoms with Crippen molar-refractivity contribution in [2.75, 3.05) is 6.54 Å². The number of hydrogen-bond acceptors (Lipinski definition) is 3. The lowest BCUT2D eigenvalue weighted by Crippen LogP contribution is -2.38. The highest BCUT2D eigenvalue weighted by Crippen LogP contribution is 2.26. The zero-order valence-electron chi connectivity index (χ0n) is 10.4. The first kappa shape index (κ1) is 12.6. The molecule has 0 unspecified atom stereocenters. The molecule has 1 N–H and O–H groups in total. The van der Waals surface area contributed by atoms with Crippen LogP contribution in [0.5, 0.6) is 5.75 Å². The molecule has 18 heavy (non-hydrogen) atoms. The quantitative estimate of drug-likeness (QED) is 0.652. The first-order valence-electron chi connectivity index (χ1n) is 6.21. The summed E-state index contributed by atoms with van der Waals surface area (Å²) < 4.78 is 5.17. The number of carbonyl (C=O) groups excluding carboxylic acids is 2. The van der Waals surface area contributed by atoms with E-state index in [0.29, 0.717) is 5.75 Å². The number of aryl methyl sites for hydroxylation is 1. The molecule has 0 radical (unpaired) electrons. The summed E-state index contributed by atoms with van der Waals surface area (Å²) in [6.07, 6.45) is 2.96. The van der Waals surface area contributed by atoms with Gasteiger partial charge in [0.15, 0.2) is 0 Å². The monoisotopic (exact) mass is 247 g/mol. The van der Waals surface area contributed by atoms with Gasteiger partial charge < -0.3 is 10.1 Å². The van der Waals surface area contributed by atoms with Crippen molar-refractivity contribution in [1.29, 1.82) is 0 Å². The number of rotatable bonds is 4. The number of amides is 1. The number of benzene rings is 1. The lowest BCUT2D eigenvalue weighted by atomic mass is 9.85. The second-order valence-electron chi connectivity index (χ2n) is 4.59. The number of carbonyl (C=O) groups is 2. The molecule has 0 atom stereocenters. The van der Waals surface area contributed by atoms with Gasteiger partial charge in [0.2, 0.25) is 5.91 Å². The summed E-state index contributed by atoms with van der Waals surface area (Å²) in [7, 11) is 0. The second kappa shape index (κ2) is 5.67. The molecule has 1 aromatic carbocycles. The van der Waals surface area contributed by atoms with Crippen LogP contribution in [0, 0.1) is 12.8 Å². The van der Waals surface area contributed by atoms with E-state index in [9.17, 15) is 9.59 Å². The number of nitrogens with one attached hydrogen (secondary N) is 1. The molecule has 0 saturated heterocycles. The summed E-state index contributed by atoms with van der Waals surface area (Å²) >= 11 is 0. The Labute approximate surface area is 106 Å². The Morgan fingerprint density at radius 3 is 2.67 bits per heavy atom. The molecule has 0 aliphatic heterocycles. The molecule has 1 aromatic rings. The molecule has 96 valence electrons. The number of hydrogen-bond donors (Lipinski definition) is 1. The summed E-state index contributed by atoms with van der Waals surface area (Å²) in [5.74, 6) is 0.164. The molecule has 1 saturated carbocycles. The number of esters is 1. The van der Waals surface area contributed by atoms with Gasteiger partial charge in [-0.05, 0) is 31.4 Å². The zero-order chi connectivity index (χ0) is 13.0. The molecule has 4 heteroatoms. The minimum Gasteiger partial charge on any atom is -0.425 e. The number of para-hydroxylation sites is 1. The lowest BCUT2D eigenvalue weighted by molar-refractivity contribution is -0.137. The maximum atomic E-state index is 11.6. The fourth-order valence-corrected chi connectivity index (χ4v) is 1.80. The van der Waals surface area contributed by atoms with E-state index in [1.165, 1.54) is 0 Å². The van der Waals surface area contributed by atoms with Crippen molar-refractivity contribution in [2.24, 2.45) is 5.92 Å². The smallest absolute Gasteiger partial charge is 0.330 e. The van der Waals surface area contributed by atoms with Gasteiger partial charge in [-0.1, -0.05) is 24.6 Å². The molecule has 0 bridgehead atoms. The van der Waals surface area contributed by atoms with E-state index in [4.69, 9.17) is 4.74 Å². The van der Waals surface area contributed by atoms with E-state index in [1.807, 2.05) is 25.1 Å². The topological polar surface area (TPSA) is 55.4 Å². The van der Waals surface area contributed by atoms with E-state index in [2.05, 4.69) is 5.32 Å². The first-order valence-corrected chi connectivity index (χ1v) is 6.21. The van der Waals surface area contributed by atoms with E-state index in [-0.39, 0.29) is 18.4 Å². The minimum absolute atomic E-state index is 0.0389. The van der Waals surface area contributed by atoms with Crippen molar-refractivity contribution in [3.8, 4) is 5.75 Å². The van der Waals surface area contributed by atoms with E-state index >= 15 is 0 Å². The third-order valence-corrected chi connectivity index (χ3v) is 3.20. The third kappa shape index (κ3) is 3.09. The van der Waals surface area contributed by atoms with Crippen molar-refractivity contribution in [3.63, 3.8) is 0 Å². The Hall–Kier alpha value is -1.84. The lowest BCUT2D eigenvalue weighted by Gasteiger charge is -2.23. The van der Waals surface area contributed by atoms with Gasteiger partial charge in [-0.2, -0.15) is 0 Å². The zero-order valence-corrected chi connectivity index (χ0v) is 10.4. The Morgan fingerprint density at radius 1 is 1.33 bits per heavy atom. The average molecular weight is 247 g/mol. The van der Waals surface area contributed by atoms with Crippen molar-refractivity contribution in [1.82, 2.24) is 5.32 Å². The van der Waals surface area contributed by atoms with Crippen LogP contribution in [-0.2, 0) is 9.59 Å². The van der Waals surface area contributed by atoms with E-state index in [0.717, 1.165) is 24.8 Å². The molecule has 0 heterocycles. The molecule has 1 aliphatic carbocycles. The largest absolute Gasteiger partial charge is 0.425 e. The third-order valence-electron chi connectivity index (χ3n) is 3.20. The van der Waals surface area contributed by atoms with Gasteiger partial charge in [0.1, 0.15) is 12.3 Å². The van der Waals surface area contributed by atoms with Crippen LogP contribution in [0.25, 0.3) is 0 Å². The van der Waals surface area contributed by atoms with Crippen LogP contribution in [-0.4, -0.2) is 18.4 Å². The highest BCUT2D eigenvalue weighted by molar-refractivity contribution is 5.84. The van der Waals surface area contributed by atoms with Gasteiger partial charge in [0, 0.05) is 5.92 Å². The van der Waals surface area contributed by atoms with Gasteiger partial charge in [-0.3, -0.25) is 4.79 Å². The summed E-state index contributed by atoms with van der Waals surface area (Å²) in [6, 6.07) is 7.30. The minimum atomic E-state index is -0.433. The Bertz CT molecular complexity index is 452. The normalized spacial score (nSPS) is 14.7. The molecular weight excluding hydrogens is 230 g/mol. The molecule has 1 aliphatic rings. The van der Waals surface area contributed by atoms with Gasteiger partial charge in [-0.25, -0.2) is 4.79 Å². The van der Waals surface area contributed by atoms with Crippen LogP contribution in [0.4, 0.5) is 0 Å². The standard InChI is InChI=1S/C14H17NO3/c1-10-5-2-3-8-12(10)18-13(16)9-15-14(17)11-6-4-7-11/h2-3,5,8,11H,4,6-7,9H2,1H3,(H,15,17). The molecule has 0 aromatic heterocycles. The second-order valence-corrected chi connectivity index (χ2v) is 4.59. The summed E-state index contributed by atoms with van der Waals surface area (Å²) in [6.45, 7) is 1.80. The predicted octanol–water partition coefficient (Wildman–Crippen LogP) is 1.82. The van der Waals surface area contributed by atoms with E-state index in [1.54, 1.807) is 6.07 Å². The average Bonchev–Trinajstić information content (AvgIpc) is 2.27. The highest BCUT2D eigenvalue weighted by Gasteiger charge is 2.25. The maximum Gasteiger partial charge on any atom is 0.330 e. The van der Waals surface area contributed by atoms with Crippen molar-refractivity contribution < 1.29 is 14.3 Å². The molecule has 1 amide bonds. The Morgan fingerprint density at radius 2 is 2.06 bits per heavy atom. The van der Waals surface area contributed by atoms with E-state index < -0.39 is 5.97 Å². The van der Waals surface area contributed by atoms with Crippen LogP contribution in [0.1, 0.15) is 24.8 Å². The van der Waals surface area contributed by atoms with Gasteiger partial charge >= 0.3 is 5.97 Å². The Kier molecular flexibility index (Phi) is 3.97. The van der Waals surface area contributed by atoms with Crippen LogP contribution in [0.3, 0.4) is 0 Å². The Balaban J connectivity index is 1.78. The number of ether oxygens (including phenoxy) is 1.